The Morgan fingerprint density at radius 2 is 1.94 bits per heavy atom. The van der Waals surface area contributed by atoms with Gasteiger partial charge in [0.2, 0.25) is 0 Å². The Hall–Kier alpha value is -0.840. The van der Waals surface area contributed by atoms with Gasteiger partial charge in [-0.25, -0.2) is 0 Å². The van der Waals surface area contributed by atoms with Gasteiger partial charge in [0.15, 0.2) is 0 Å². The molecular formula is C13H15IN2. The second kappa shape index (κ2) is 5.48. The van der Waals surface area contributed by atoms with Crippen LogP contribution in [0.4, 0.5) is 0 Å². The van der Waals surface area contributed by atoms with Gasteiger partial charge in [-0.2, -0.15) is 5.10 Å². The third-order valence-corrected chi connectivity index (χ3v) is 3.27. The summed E-state index contributed by atoms with van der Waals surface area (Å²) < 4.78 is 3.29. The lowest BCUT2D eigenvalue weighted by molar-refractivity contribution is 0.572. The molecule has 0 N–H and O–H groups in total. The van der Waals surface area contributed by atoms with E-state index in [0.29, 0.717) is 0 Å². The molecule has 0 atom stereocenters. The van der Waals surface area contributed by atoms with Crippen molar-refractivity contribution in [2.24, 2.45) is 0 Å². The maximum atomic E-state index is 4.37. The Morgan fingerprint density at radius 1 is 1.19 bits per heavy atom. The van der Waals surface area contributed by atoms with Crippen LogP contribution in [0.2, 0.25) is 0 Å². The monoisotopic (exact) mass is 326 g/mol. The Balaban J connectivity index is 2.15. The predicted octanol–water partition coefficient (Wildman–Crippen LogP) is 3.95. The van der Waals surface area contributed by atoms with Gasteiger partial charge in [-0.3, -0.25) is 4.68 Å². The molecule has 0 saturated heterocycles. The minimum absolute atomic E-state index is 1.01. The van der Waals surface area contributed by atoms with Crippen LogP contribution in [0.1, 0.15) is 19.8 Å². The van der Waals surface area contributed by atoms with Gasteiger partial charge >= 0.3 is 0 Å². The van der Waals surface area contributed by atoms with Crippen molar-refractivity contribution in [3.05, 3.63) is 40.2 Å². The number of unbranched alkanes of at least 4 members (excludes halogenated alkanes) is 1. The van der Waals surface area contributed by atoms with Crippen LogP contribution >= 0.6 is 22.6 Å². The molecular weight excluding hydrogens is 311 g/mol. The zero-order valence-electron chi connectivity index (χ0n) is 9.36. The fourth-order valence-electron chi connectivity index (χ4n) is 1.60. The lowest BCUT2D eigenvalue weighted by atomic mass is 10.1. The summed E-state index contributed by atoms with van der Waals surface area (Å²) in [5, 5.41) is 4.37. The van der Waals surface area contributed by atoms with E-state index in [1.165, 1.54) is 27.5 Å². The number of hydrogen-bond donors (Lipinski definition) is 0. The minimum Gasteiger partial charge on any atom is -0.272 e. The van der Waals surface area contributed by atoms with Crippen LogP contribution in [0.3, 0.4) is 0 Å². The fraction of sp³-hybridized carbons (Fsp3) is 0.308. The Kier molecular flexibility index (Phi) is 3.98. The number of aromatic nitrogens is 2. The fourth-order valence-corrected chi connectivity index (χ4v) is 1.96. The normalized spacial score (nSPS) is 10.6. The smallest absolute Gasteiger partial charge is 0.0568 e. The van der Waals surface area contributed by atoms with Gasteiger partial charge in [0.25, 0.3) is 0 Å². The first kappa shape index (κ1) is 11.6. The highest BCUT2D eigenvalue weighted by Crippen LogP contribution is 2.19. The summed E-state index contributed by atoms with van der Waals surface area (Å²) >= 11 is 2.32. The predicted molar refractivity (Wildman–Crippen MR) is 75.3 cm³/mol. The number of benzene rings is 1. The van der Waals surface area contributed by atoms with Crippen molar-refractivity contribution in [3.8, 4) is 11.1 Å². The number of aryl methyl sites for hydroxylation is 1. The largest absolute Gasteiger partial charge is 0.272 e. The summed E-state index contributed by atoms with van der Waals surface area (Å²) in [5.41, 5.74) is 2.44. The van der Waals surface area contributed by atoms with Crippen molar-refractivity contribution < 1.29 is 0 Å². The van der Waals surface area contributed by atoms with E-state index in [2.05, 4.69) is 65.1 Å². The number of halogens is 1. The van der Waals surface area contributed by atoms with Gasteiger partial charge in [0, 0.05) is 21.9 Å². The quantitative estimate of drug-likeness (QED) is 0.778. The van der Waals surface area contributed by atoms with Crippen molar-refractivity contribution in [1.29, 1.82) is 0 Å². The molecule has 0 aliphatic rings. The second-order valence-electron chi connectivity index (χ2n) is 3.85. The van der Waals surface area contributed by atoms with Gasteiger partial charge < -0.3 is 0 Å². The molecule has 0 unspecified atom stereocenters. The first-order valence-corrected chi connectivity index (χ1v) is 6.66. The van der Waals surface area contributed by atoms with Gasteiger partial charge in [0.1, 0.15) is 0 Å². The Morgan fingerprint density at radius 3 is 2.62 bits per heavy atom. The lowest BCUT2D eigenvalue weighted by Gasteiger charge is -1.98. The average molecular weight is 326 g/mol. The first-order chi connectivity index (χ1) is 7.79. The molecule has 0 radical (unpaired) electrons. The van der Waals surface area contributed by atoms with E-state index in [0.717, 1.165) is 6.54 Å². The van der Waals surface area contributed by atoms with Crippen molar-refractivity contribution in [2.75, 3.05) is 0 Å². The highest BCUT2D eigenvalue weighted by atomic mass is 127. The van der Waals surface area contributed by atoms with Crippen LogP contribution in [-0.4, -0.2) is 9.78 Å². The van der Waals surface area contributed by atoms with E-state index in [1.54, 1.807) is 0 Å². The summed E-state index contributed by atoms with van der Waals surface area (Å²) in [6, 6.07) is 8.53. The van der Waals surface area contributed by atoms with Gasteiger partial charge in [0.05, 0.1) is 6.20 Å². The standard InChI is InChI=1S/C13H15IN2/c1-2-3-8-16-10-12(9-15-16)11-4-6-13(14)7-5-11/h4-7,9-10H,2-3,8H2,1H3. The minimum atomic E-state index is 1.01. The Labute approximate surface area is 110 Å². The first-order valence-electron chi connectivity index (χ1n) is 5.58. The molecule has 0 aliphatic heterocycles. The van der Waals surface area contributed by atoms with Crippen molar-refractivity contribution in [3.63, 3.8) is 0 Å². The molecule has 3 heteroatoms. The van der Waals surface area contributed by atoms with Crippen LogP contribution in [0.25, 0.3) is 11.1 Å². The maximum Gasteiger partial charge on any atom is 0.0568 e. The SMILES string of the molecule is CCCCn1cc(-c2ccc(I)cc2)cn1. The van der Waals surface area contributed by atoms with Gasteiger partial charge in [-0.1, -0.05) is 25.5 Å². The molecule has 84 valence electrons. The molecule has 0 aliphatic carbocycles. The van der Waals surface area contributed by atoms with E-state index < -0.39 is 0 Å². The van der Waals surface area contributed by atoms with E-state index in [1.807, 2.05) is 10.9 Å². The van der Waals surface area contributed by atoms with Crippen LogP contribution in [0.5, 0.6) is 0 Å². The number of rotatable bonds is 4. The van der Waals surface area contributed by atoms with Gasteiger partial charge in [-0.15, -0.1) is 0 Å². The maximum absolute atomic E-state index is 4.37. The lowest BCUT2D eigenvalue weighted by Crippen LogP contribution is -1.96. The number of nitrogens with zero attached hydrogens (tertiary/aromatic N) is 2. The Bertz CT molecular complexity index is 445. The van der Waals surface area contributed by atoms with Crippen molar-refractivity contribution >= 4 is 22.6 Å². The summed E-state index contributed by atoms with van der Waals surface area (Å²) in [6.07, 6.45) is 6.46. The van der Waals surface area contributed by atoms with E-state index in [4.69, 9.17) is 0 Å². The van der Waals surface area contributed by atoms with Crippen LogP contribution in [0, 0.1) is 3.57 Å². The molecule has 1 aromatic heterocycles. The summed E-state index contributed by atoms with van der Waals surface area (Å²) in [4.78, 5) is 0. The topological polar surface area (TPSA) is 17.8 Å². The van der Waals surface area contributed by atoms with E-state index in [-0.39, 0.29) is 0 Å². The van der Waals surface area contributed by atoms with Crippen molar-refractivity contribution in [1.82, 2.24) is 9.78 Å². The summed E-state index contributed by atoms with van der Waals surface area (Å²) in [7, 11) is 0. The van der Waals surface area contributed by atoms with Crippen LogP contribution < -0.4 is 0 Å². The zero-order valence-corrected chi connectivity index (χ0v) is 11.5. The molecule has 2 nitrogen and oxygen atoms in total. The molecule has 1 aromatic carbocycles. The molecule has 1 heterocycles. The average Bonchev–Trinajstić information content (AvgIpc) is 2.76. The van der Waals surface area contributed by atoms with E-state index in [9.17, 15) is 0 Å². The highest BCUT2D eigenvalue weighted by molar-refractivity contribution is 14.1. The third-order valence-electron chi connectivity index (χ3n) is 2.55. The summed E-state index contributed by atoms with van der Waals surface area (Å²) in [6.45, 7) is 3.21. The molecule has 16 heavy (non-hydrogen) atoms. The molecule has 2 aromatic rings. The zero-order chi connectivity index (χ0) is 11.4. The third kappa shape index (κ3) is 2.84. The molecule has 0 fully saturated rings. The molecule has 0 bridgehead atoms. The molecule has 0 spiro atoms. The van der Waals surface area contributed by atoms with Gasteiger partial charge in [-0.05, 0) is 46.7 Å². The molecule has 0 saturated carbocycles. The van der Waals surface area contributed by atoms with Crippen molar-refractivity contribution in [2.45, 2.75) is 26.3 Å². The highest BCUT2D eigenvalue weighted by Gasteiger charge is 2.01. The number of hydrogen-bond acceptors (Lipinski definition) is 1. The van der Waals surface area contributed by atoms with E-state index >= 15 is 0 Å². The van der Waals surface area contributed by atoms with Crippen LogP contribution in [-0.2, 0) is 6.54 Å². The van der Waals surface area contributed by atoms with Crippen LogP contribution in [0.15, 0.2) is 36.7 Å². The molecule has 2 rings (SSSR count). The summed E-state index contributed by atoms with van der Waals surface area (Å²) in [5.74, 6) is 0. The second-order valence-corrected chi connectivity index (χ2v) is 5.10. The molecule has 0 amide bonds.